The number of hydrogen-bond acceptors (Lipinski definition) is 2. The predicted octanol–water partition coefficient (Wildman–Crippen LogP) is 3.95. The Hall–Kier alpha value is -2.63. The van der Waals surface area contributed by atoms with Gasteiger partial charge in [0.05, 0.1) is 5.56 Å². The van der Waals surface area contributed by atoms with Crippen LogP contribution in [0.15, 0.2) is 18.2 Å². The molecule has 0 aliphatic heterocycles. The number of hydrogen-bond donors (Lipinski definition) is 0. The minimum Gasteiger partial charge on any atom is -0.481 e. The van der Waals surface area contributed by atoms with E-state index in [1.807, 2.05) is 0 Å². The quantitative estimate of drug-likeness (QED) is 0.477. The Labute approximate surface area is 131 Å². The van der Waals surface area contributed by atoms with E-state index in [0.717, 1.165) is 19.2 Å². The minimum absolute atomic E-state index is 0.0454. The Balaban J connectivity index is 2.83. The Bertz CT molecular complexity index is 839. The number of benzene rings is 1. The number of terminal acetylenes is 1. The zero-order valence-corrected chi connectivity index (χ0v) is 12.0. The van der Waals surface area contributed by atoms with Gasteiger partial charge in [-0.2, -0.15) is 26.3 Å². The molecule has 0 atom stereocenters. The monoisotopic (exact) mass is 349 g/mol. The summed E-state index contributed by atoms with van der Waals surface area (Å²) in [6.45, 7) is -0.229. The van der Waals surface area contributed by atoms with Crippen molar-refractivity contribution >= 4 is 16.7 Å². The molecule has 0 aliphatic rings. The van der Waals surface area contributed by atoms with Crippen molar-refractivity contribution in [2.45, 2.75) is 12.4 Å². The van der Waals surface area contributed by atoms with Crippen LogP contribution in [0.25, 0.3) is 10.9 Å². The van der Waals surface area contributed by atoms with Crippen LogP contribution in [0.4, 0.5) is 26.3 Å². The molecule has 2 rings (SSSR count). The van der Waals surface area contributed by atoms with E-state index >= 15 is 0 Å². The molecule has 128 valence electrons. The van der Waals surface area contributed by atoms with E-state index in [1.54, 1.807) is 0 Å². The van der Waals surface area contributed by atoms with Gasteiger partial charge in [0.25, 0.3) is 5.78 Å². The number of halogens is 6. The number of rotatable bonds is 3. The third kappa shape index (κ3) is 3.04. The highest BCUT2D eigenvalue weighted by atomic mass is 19.4. The first kappa shape index (κ1) is 17.7. The van der Waals surface area contributed by atoms with Gasteiger partial charge in [0.2, 0.25) is 0 Å². The summed E-state index contributed by atoms with van der Waals surface area (Å²) in [7, 11) is 0.931. The topological polar surface area (TPSA) is 31.2 Å². The lowest BCUT2D eigenvalue weighted by Gasteiger charge is -2.12. The lowest BCUT2D eigenvalue weighted by molar-refractivity contribution is -0.143. The fourth-order valence-corrected chi connectivity index (χ4v) is 2.34. The molecule has 0 fully saturated rings. The molecule has 0 unspecified atom stereocenters. The van der Waals surface area contributed by atoms with E-state index in [1.165, 1.54) is 6.07 Å². The van der Waals surface area contributed by atoms with Crippen molar-refractivity contribution in [1.29, 1.82) is 0 Å². The van der Waals surface area contributed by atoms with Crippen LogP contribution in [0, 0.1) is 12.3 Å². The number of carbonyl (C=O) groups excluding carboxylic acids is 1. The summed E-state index contributed by atoms with van der Waals surface area (Å²) in [5.41, 5.74) is -3.32. The highest BCUT2D eigenvalue weighted by molar-refractivity contribution is 6.12. The number of carbonyl (C=O) groups is 1. The molecule has 9 heteroatoms. The van der Waals surface area contributed by atoms with Crippen LogP contribution in [-0.4, -0.2) is 23.1 Å². The maximum absolute atomic E-state index is 13.2. The highest BCUT2D eigenvalue weighted by Crippen LogP contribution is 2.41. The third-order valence-corrected chi connectivity index (χ3v) is 3.25. The smallest absolute Gasteiger partial charge is 0.454 e. The van der Waals surface area contributed by atoms with Crippen molar-refractivity contribution < 1.29 is 35.9 Å². The second-order valence-corrected chi connectivity index (χ2v) is 4.78. The zero-order valence-electron chi connectivity index (χ0n) is 12.0. The first-order chi connectivity index (χ1) is 11.0. The molecule has 2 aromatic rings. The van der Waals surface area contributed by atoms with Crippen LogP contribution in [0.2, 0.25) is 0 Å². The normalized spacial score (nSPS) is 12.2. The molecular formula is C15H9F6NO2. The average molecular weight is 349 g/mol. The average Bonchev–Trinajstić information content (AvgIpc) is 2.75. The molecule has 0 N–H and O–H groups in total. The van der Waals surface area contributed by atoms with E-state index in [-0.39, 0.29) is 17.9 Å². The summed E-state index contributed by atoms with van der Waals surface area (Å²) in [5, 5.41) is -0.512. The summed E-state index contributed by atoms with van der Waals surface area (Å²) in [4.78, 5) is 11.6. The molecule has 1 aromatic carbocycles. The van der Waals surface area contributed by atoms with Gasteiger partial charge in [0.15, 0.2) is 0 Å². The van der Waals surface area contributed by atoms with Gasteiger partial charge in [-0.3, -0.25) is 4.79 Å². The third-order valence-electron chi connectivity index (χ3n) is 3.25. The fraction of sp³-hybridized carbons (Fsp3) is 0.267. The molecule has 0 spiro atoms. The number of ketones is 1. The highest BCUT2D eigenvalue weighted by Gasteiger charge is 2.48. The van der Waals surface area contributed by atoms with Crippen molar-refractivity contribution in [1.82, 2.24) is 4.57 Å². The molecule has 0 bridgehead atoms. The van der Waals surface area contributed by atoms with Crippen LogP contribution in [0.1, 0.15) is 16.1 Å². The first-order valence-electron chi connectivity index (χ1n) is 6.36. The number of ether oxygens (including phenoxy) is 1. The van der Waals surface area contributed by atoms with Gasteiger partial charge in [0.1, 0.15) is 18.1 Å². The Morgan fingerprint density at radius 1 is 1.25 bits per heavy atom. The van der Waals surface area contributed by atoms with E-state index in [2.05, 4.69) is 5.92 Å². The second-order valence-electron chi connectivity index (χ2n) is 4.78. The molecule has 1 heterocycles. The molecule has 3 nitrogen and oxygen atoms in total. The van der Waals surface area contributed by atoms with E-state index in [4.69, 9.17) is 11.2 Å². The molecule has 1 aromatic heterocycles. The number of nitrogens with zero attached hydrogens (tertiary/aromatic N) is 1. The van der Waals surface area contributed by atoms with Gasteiger partial charge in [-0.15, -0.1) is 6.42 Å². The Morgan fingerprint density at radius 2 is 1.88 bits per heavy atom. The lowest BCUT2D eigenvalue weighted by atomic mass is 10.1. The SMILES string of the molecule is C#CCOc1ccc2c(c1)c(C(=O)C(F)(F)F)c(C(F)(F)F)n2C. The maximum atomic E-state index is 13.2. The Kier molecular flexibility index (Phi) is 4.27. The largest absolute Gasteiger partial charge is 0.481 e. The Morgan fingerprint density at radius 3 is 2.38 bits per heavy atom. The molecule has 24 heavy (non-hydrogen) atoms. The number of aromatic nitrogens is 1. The van der Waals surface area contributed by atoms with Gasteiger partial charge in [-0.25, -0.2) is 0 Å². The molecule has 0 amide bonds. The van der Waals surface area contributed by atoms with Gasteiger partial charge >= 0.3 is 12.4 Å². The van der Waals surface area contributed by atoms with Crippen LogP contribution >= 0.6 is 0 Å². The van der Waals surface area contributed by atoms with E-state index in [9.17, 15) is 31.1 Å². The zero-order chi connectivity index (χ0) is 18.3. The second kappa shape index (κ2) is 5.78. The predicted molar refractivity (Wildman–Crippen MR) is 72.6 cm³/mol. The van der Waals surface area contributed by atoms with Crippen LogP contribution < -0.4 is 4.74 Å². The molecular weight excluding hydrogens is 340 g/mol. The number of fused-ring (bicyclic) bond motifs is 1. The van der Waals surface area contributed by atoms with Crippen molar-refractivity contribution in [3.8, 4) is 18.1 Å². The standard InChI is InChI=1S/C15H9F6NO2/c1-3-6-24-8-4-5-10-9(7-8)11(13(23)15(19,20)21)12(22(10)2)14(16,17)18/h1,4-5,7H,6H2,2H3. The number of Topliss-reactive ketones (excluding diaryl/α,β-unsaturated/α-hetero) is 1. The summed E-state index contributed by atoms with van der Waals surface area (Å²) in [6.07, 6.45) is -5.62. The van der Waals surface area contributed by atoms with Gasteiger partial charge < -0.3 is 9.30 Å². The van der Waals surface area contributed by atoms with Crippen LogP contribution in [0.5, 0.6) is 5.75 Å². The summed E-state index contributed by atoms with van der Waals surface area (Å²) in [6, 6.07) is 3.31. The van der Waals surface area contributed by atoms with E-state index in [0.29, 0.717) is 4.57 Å². The number of aryl methyl sites for hydroxylation is 1. The van der Waals surface area contributed by atoms with Crippen LogP contribution in [0.3, 0.4) is 0 Å². The van der Waals surface area contributed by atoms with Crippen molar-refractivity contribution in [3.05, 3.63) is 29.5 Å². The molecule has 0 saturated heterocycles. The van der Waals surface area contributed by atoms with Gasteiger partial charge in [-0.1, -0.05) is 5.92 Å². The van der Waals surface area contributed by atoms with E-state index < -0.39 is 34.8 Å². The molecule has 0 saturated carbocycles. The summed E-state index contributed by atoms with van der Waals surface area (Å²) in [5.74, 6) is -0.508. The molecule has 0 radical (unpaired) electrons. The van der Waals surface area contributed by atoms with Gasteiger partial charge in [-0.05, 0) is 18.2 Å². The van der Waals surface area contributed by atoms with Crippen LogP contribution in [-0.2, 0) is 13.2 Å². The van der Waals surface area contributed by atoms with Gasteiger partial charge in [0, 0.05) is 18.0 Å². The summed E-state index contributed by atoms with van der Waals surface area (Å²) < 4.78 is 83.4. The van der Waals surface area contributed by atoms with Crippen molar-refractivity contribution in [3.63, 3.8) is 0 Å². The first-order valence-corrected chi connectivity index (χ1v) is 6.36. The van der Waals surface area contributed by atoms with Crippen molar-refractivity contribution in [2.75, 3.05) is 6.61 Å². The maximum Gasteiger partial charge on any atom is 0.454 e. The number of alkyl halides is 6. The molecule has 0 aliphatic carbocycles. The van der Waals surface area contributed by atoms with Crippen molar-refractivity contribution in [2.24, 2.45) is 7.05 Å². The minimum atomic E-state index is -5.45. The fourth-order valence-electron chi connectivity index (χ4n) is 2.34. The summed E-state index contributed by atoms with van der Waals surface area (Å²) >= 11 is 0. The lowest BCUT2D eigenvalue weighted by Crippen LogP contribution is -2.26.